The first kappa shape index (κ1) is 21.5. The van der Waals surface area contributed by atoms with Gasteiger partial charge in [0, 0.05) is 37.1 Å². The summed E-state index contributed by atoms with van der Waals surface area (Å²) in [5.74, 6) is 1.03. The van der Waals surface area contributed by atoms with Crippen LogP contribution >= 0.6 is 0 Å². The molecule has 0 amide bonds. The molecule has 160 valence electrons. The lowest BCUT2D eigenvalue weighted by molar-refractivity contribution is -0.137. The van der Waals surface area contributed by atoms with Crippen molar-refractivity contribution in [1.29, 1.82) is 0 Å². The van der Waals surface area contributed by atoms with Gasteiger partial charge < -0.3 is 5.73 Å². The molecule has 2 N–H and O–H groups in total. The third-order valence-corrected chi connectivity index (χ3v) is 5.11. The van der Waals surface area contributed by atoms with Crippen molar-refractivity contribution in [2.75, 3.05) is 25.4 Å². The second-order valence-corrected chi connectivity index (χ2v) is 7.79. The Morgan fingerprint density at radius 3 is 2.38 bits per heavy atom. The molecule has 2 aromatic heterocycles. The van der Waals surface area contributed by atoms with Crippen LogP contribution in [0.3, 0.4) is 0 Å². The first-order chi connectivity index (χ1) is 13.5. The van der Waals surface area contributed by atoms with Crippen LogP contribution in [0, 0.1) is 11.8 Å². The standard InChI is InChI=1S/C12H13F3N4.C7H11F2N/c1-7(2)19-4-3-10(18-19)8-5-9(12(13,14)15)11(16)17-6-8;8-7(9)4-10-2-5-1-6(5)3-10/h3-7H,1-2H3,(H2,16,17);5-7H,1-4H2. The van der Waals surface area contributed by atoms with Gasteiger partial charge in [0.05, 0.1) is 17.8 Å². The number of anilines is 1. The van der Waals surface area contributed by atoms with Gasteiger partial charge >= 0.3 is 6.18 Å². The van der Waals surface area contributed by atoms with Crippen molar-refractivity contribution >= 4 is 5.82 Å². The van der Waals surface area contributed by atoms with Crippen molar-refractivity contribution in [3.63, 3.8) is 0 Å². The molecule has 2 atom stereocenters. The van der Waals surface area contributed by atoms with E-state index in [1.165, 1.54) is 12.6 Å². The second kappa shape index (κ2) is 8.25. The van der Waals surface area contributed by atoms with E-state index in [0.29, 0.717) is 11.3 Å². The lowest BCUT2D eigenvalue weighted by Crippen LogP contribution is -2.28. The highest BCUT2D eigenvalue weighted by molar-refractivity contribution is 5.61. The topological polar surface area (TPSA) is 60.0 Å². The van der Waals surface area contributed by atoms with E-state index in [9.17, 15) is 22.0 Å². The van der Waals surface area contributed by atoms with Gasteiger partial charge in [0.2, 0.25) is 0 Å². The molecule has 1 saturated heterocycles. The fourth-order valence-corrected chi connectivity index (χ4v) is 3.46. The number of rotatable bonds is 4. The van der Waals surface area contributed by atoms with E-state index < -0.39 is 24.0 Å². The number of hydrogen-bond donors (Lipinski definition) is 1. The second-order valence-electron chi connectivity index (χ2n) is 7.79. The fourth-order valence-electron chi connectivity index (χ4n) is 3.46. The first-order valence-corrected chi connectivity index (χ1v) is 9.43. The van der Waals surface area contributed by atoms with Crippen molar-refractivity contribution in [3.05, 3.63) is 30.1 Å². The highest BCUT2D eigenvalue weighted by Crippen LogP contribution is 2.44. The predicted octanol–water partition coefficient (Wildman–Crippen LogP) is 4.33. The van der Waals surface area contributed by atoms with Crippen LogP contribution in [0.2, 0.25) is 0 Å². The summed E-state index contributed by atoms with van der Waals surface area (Å²) in [6, 6.07) is 2.75. The maximum absolute atomic E-state index is 12.7. The van der Waals surface area contributed by atoms with Gasteiger partial charge in [-0.3, -0.25) is 9.58 Å². The van der Waals surface area contributed by atoms with Gasteiger partial charge in [-0.25, -0.2) is 13.8 Å². The number of pyridine rings is 1. The van der Waals surface area contributed by atoms with E-state index in [0.717, 1.165) is 31.0 Å². The molecule has 10 heteroatoms. The van der Waals surface area contributed by atoms with Gasteiger partial charge in [-0.05, 0) is 44.2 Å². The molecule has 1 aliphatic heterocycles. The Kier molecular flexibility index (Phi) is 6.11. The molecule has 0 radical (unpaired) electrons. The van der Waals surface area contributed by atoms with E-state index in [1.54, 1.807) is 16.9 Å². The highest BCUT2D eigenvalue weighted by atomic mass is 19.4. The smallest absolute Gasteiger partial charge is 0.383 e. The lowest BCUT2D eigenvalue weighted by Gasteiger charge is -2.15. The van der Waals surface area contributed by atoms with Gasteiger partial charge in [0.25, 0.3) is 6.43 Å². The zero-order valence-corrected chi connectivity index (χ0v) is 16.2. The minimum atomic E-state index is -4.52. The molecule has 2 fully saturated rings. The van der Waals surface area contributed by atoms with Crippen LogP contribution in [-0.2, 0) is 6.18 Å². The number of hydrogen-bond acceptors (Lipinski definition) is 4. The molecule has 2 unspecified atom stereocenters. The summed E-state index contributed by atoms with van der Waals surface area (Å²) in [6.07, 6.45) is -2.37. The van der Waals surface area contributed by atoms with E-state index in [4.69, 9.17) is 5.73 Å². The molecule has 29 heavy (non-hydrogen) atoms. The SMILES string of the molecule is CC(C)n1ccc(-c2cnc(N)c(C(F)(F)F)c2)n1.FC(F)CN1CC2CC2C1. The third-order valence-electron chi connectivity index (χ3n) is 5.11. The molecule has 0 aromatic carbocycles. The number of fused-ring (bicyclic) bond motifs is 1. The molecule has 4 rings (SSSR count). The van der Waals surface area contributed by atoms with E-state index in [1.807, 2.05) is 18.7 Å². The maximum Gasteiger partial charge on any atom is 0.419 e. The van der Waals surface area contributed by atoms with Crippen LogP contribution in [0.5, 0.6) is 0 Å². The number of nitrogens with zero attached hydrogens (tertiary/aromatic N) is 4. The molecular weight excluding hydrogens is 393 g/mol. The van der Waals surface area contributed by atoms with Crippen LogP contribution in [0.15, 0.2) is 24.5 Å². The normalized spacial score (nSPS) is 21.3. The number of alkyl halides is 5. The Bertz CT molecular complexity index is 823. The predicted molar refractivity (Wildman–Crippen MR) is 99.3 cm³/mol. The average Bonchev–Trinajstić information content (AvgIpc) is 3.03. The van der Waals surface area contributed by atoms with Crippen molar-refractivity contribution in [3.8, 4) is 11.3 Å². The molecule has 0 bridgehead atoms. The summed E-state index contributed by atoms with van der Waals surface area (Å²) in [6.45, 7) is 5.70. The molecule has 2 aromatic rings. The average molecular weight is 417 g/mol. The first-order valence-electron chi connectivity index (χ1n) is 9.43. The monoisotopic (exact) mass is 417 g/mol. The summed E-state index contributed by atoms with van der Waals surface area (Å²) in [5.41, 5.74) is 5.04. The largest absolute Gasteiger partial charge is 0.419 e. The summed E-state index contributed by atoms with van der Waals surface area (Å²) >= 11 is 0. The van der Waals surface area contributed by atoms with Crippen LogP contribution in [0.4, 0.5) is 27.8 Å². The third kappa shape index (κ3) is 5.43. The fraction of sp³-hybridized carbons (Fsp3) is 0.579. The van der Waals surface area contributed by atoms with Gasteiger partial charge in [0.15, 0.2) is 0 Å². The van der Waals surface area contributed by atoms with Crippen LogP contribution in [0.1, 0.15) is 31.9 Å². The molecule has 1 saturated carbocycles. The van der Waals surface area contributed by atoms with E-state index in [-0.39, 0.29) is 12.6 Å². The molecular formula is C19H24F5N5. The highest BCUT2D eigenvalue weighted by Gasteiger charge is 2.45. The Labute approximate surface area is 165 Å². The van der Waals surface area contributed by atoms with Crippen LogP contribution < -0.4 is 5.73 Å². The van der Waals surface area contributed by atoms with E-state index >= 15 is 0 Å². The molecule has 5 nitrogen and oxygen atoms in total. The Morgan fingerprint density at radius 2 is 1.86 bits per heavy atom. The number of nitrogen functional groups attached to an aromatic ring is 1. The minimum absolute atomic E-state index is 0.00694. The summed E-state index contributed by atoms with van der Waals surface area (Å²) in [5, 5.41) is 4.20. The molecule has 0 spiro atoms. The quantitative estimate of drug-likeness (QED) is 0.753. The van der Waals surface area contributed by atoms with Gasteiger partial charge in [-0.15, -0.1) is 0 Å². The van der Waals surface area contributed by atoms with Gasteiger partial charge in [-0.1, -0.05) is 0 Å². The summed E-state index contributed by atoms with van der Waals surface area (Å²) < 4.78 is 63.4. The number of likely N-dealkylation sites (tertiary alicyclic amines) is 1. The lowest BCUT2D eigenvalue weighted by atomic mass is 10.1. The number of aromatic nitrogens is 3. The van der Waals surface area contributed by atoms with Gasteiger partial charge in [0.1, 0.15) is 5.82 Å². The van der Waals surface area contributed by atoms with Gasteiger partial charge in [-0.2, -0.15) is 18.3 Å². The maximum atomic E-state index is 12.7. The molecule has 2 aliphatic rings. The zero-order valence-electron chi connectivity index (χ0n) is 16.2. The van der Waals surface area contributed by atoms with Crippen LogP contribution in [0.25, 0.3) is 11.3 Å². The Hall–Kier alpha value is -2.23. The zero-order chi connectivity index (χ0) is 21.3. The minimum Gasteiger partial charge on any atom is -0.383 e. The van der Waals surface area contributed by atoms with Crippen LogP contribution in [-0.4, -0.2) is 45.7 Å². The van der Waals surface area contributed by atoms with E-state index in [2.05, 4.69) is 10.1 Å². The van der Waals surface area contributed by atoms with Crippen molar-refractivity contribution in [2.24, 2.45) is 11.8 Å². The number of halogens is 5. The van der Waals surface area contributed by atoms with Crippen molar-refractivity contribution in [1.82, 2.24) is 19.7 Å². The summed E-state index contributed by atoms with van der Waals surface area (Å²) in [4.78, 5) is 5.46. The number of nitrogens with two attached hydrogens (primary N) is 1. The van der Waals surface area contributed by atoms with Crippen molar-refractivity contribution in [2.45, 2.75) is 38.9 Å². The Morgan fingerprint density at radius 1 is 1.21 bits per heavy atom. The Balaban J connectivity index is 0.000000200. The van der Waals surface area contributed by atoms with Crippen molar-refractivity contribution < 1.29 is 22.0 Å². The molecule has 1 aliphatic carbocycles. The molecule has 3 heterocycles. The number of piperidine rings is 1. The summed E-state index contributed by atoms with van der Waals surface area (Å²) in [7, 11) is 0.